The molecule has 0 spiro atoms. The van der Waals surface area contributed by atoms with Crippen molar-refractivity contribution in [1.82, 2.24) is 9.55 Å². The number of imidazole rings is 1. The molecule has 0 bridgehead atoms. The molecule has 1 heterocycles. The normalized spacial score (nSPS) is 12.9. The van der Waals surface area contributed by atoms with Gasteiger partial charge in [0.25, 0.3) is 10.1 Å². The number of hydrogen-bond acceptors (Lipinski definition) is 7. The molecule has 0 saturated heterocycles. The SMILES string of the molecule is C=C(C(CCC)S(=O)(=O)O)n1ccnc1.O=S(=O)(O)O.O=S(=O)(O)O. The Bertz CT molecular complexity index is 779. The standard InChI is InChI=1S/C9H14N2O3S.2H2O4S/c1-3-4-9(15(12,13)14)8(2)11-6-5-10-7-11;2*1-5(2,3)4/h5-7,9H,2-4H2,1H3,(H,12,13,14);2*(H2,1,2,3,4). The molecule has 1 atom stereocenters. The van der Waals surface area contributed by atoms with E-state index in [0.717, 1.165) is 0 Å². The molecule has 1 aromatic rings. The first-order valence-electron chi connectivity index (χ1n) is 6.00. The summed E-state index contributed by atoms with van der Waals surface area (Å²) in [4.78, 5) is 3.79. The van der Waals surface area contributed by atoms with Gasteiger partial charge < -0.3 is 4.57 Å². The van der Waals surface area contributed by atoms with Crippen LogP contribution in [0.1, 0.15) is 19.8 Å². The van der Waals surface area contributed by atoms with Crippen molar-refractivity contribution in [2.24, 2.45) is 0 Å². The highest BCUT2D eigenvalue weighted by Crippen LogP contribution is 2.19. The van der Waals surface area contributed by atoms with Gasteiger partial charge in [-0.25, -0.2) is 4.98 Å². The molecule has 0 aromatic carbocycles. The van der Waals surface area contributed by atoms with E-state index < -0.39 is 36.2 Å². The summed E-state index contributed by atoms with van der Waals surface area (Å²) in [6.45, 7) is 5.51. The predicted octanol–water partition coefficient (Wildman–Crippen LogP) is 0.105. The third-order valence-electron chi connectivity index (χ3n) is 2.12. The van der Waals surface area contributed by atoms with Crippen LogP contribution >= 0.6 is 0 Å². The van der Waals surface area contributed by atoms with E-state index in [1.807, 2.05) is 6.92 Å². The lowest BCUT2D eigenvalue weighted by Crippen LogP contribution is -2.23. The molecule has 148 valence electrons. The lowest BCUT2D eigenvalue weighted by Gasteiger charge is -2.16. The van der Waals surface area contributed by atoms with Crippen molar-refractivity contribution in [2.45, 2.75) is 25.0 Å². The van der Waals surface area contributed by atoms with Crippen LogP contribution in [0.4, 0.5) is 0 Å². The van der Waals surface area contributed by atoms with Crippen LogP contribution in [-0.4, -0.2) is 62.8 Å². The Morgan fingerprint density at radius 2 is 1.44 bits per heavy atom. The lowest BCUT2D eigenvalue weighted by atomic mass is 10.2. The number of hydrogen-bond donors (Lipinski definition) is 5. The van der Waals surface area contributed by atoms with Crippen LogP contribution in [-0.2, 0) is 30.9 Å². The van der Waals surface area contributed by atoms with Crippen LogP contribution in [0.25, 0.3) is 5.70 Å². The summed E-state index contributed by atoms with van der Waals surface area (Å²) in [6.07, 6.45) is 5.57. The Kier molecular flexibility index (Phi) is 10.9. The van der Waals surface area contributed by atoms with E-state index >= 15 is 0 Å². The highest BCUT2D eigenvalue weighted by Gasteiger charge is 2.25. The van der Waals surface area contributed by atoms with Crippen molar-refractivity contribution < 1.29 is 48.0 Å². The molecule has 25 heavy (non-hydrogen) atoms. The summed E-state index contributed by atoms with van der Waals surface area (Å²) in [6, 6.07) is 0. The maximum Gasteiger partial charge on any atom is 0.394 e. The Labute approximate surface area is 144 Å². The highest BCUT2D eigenvalue weighted by molar-refractivity contribution is 7.86. The molecule has 0 saturated carbocycles. The van der Waals surface area contributed by atoms with Gasteiger partial charge in [-0.3, -0.25) is 22.8 Å². The van der Waals surface area contributed by atoms with Crippen LogP contribution in [0.5, 0.6) is 0 Å². The zero-order valence-electron chi connectivity index (χ0n) is 12.7. The first-order valence-corrected chi connectivity index (χ1v) is 10.3. The molecule has 0 aliphatic heterocycles. The molecular formula is C9H18N2O11S3. The van der Waals surface area contributed by atoms with E-state index in [0.29, 0.717) is 18.5 Å². The van der Waals surface area contributed by atoms with Crippen molar-refractivity contribution in [2.75, 3.05) is 0 Å². The Balaban J connectivity index is 0. The summed E-state index contributed by atoms with van der Waals surface area (Å²) in [5.41, 5.74) is 0.317. The second-order valence-corrected chi connectivity index (χ2v) is 7.54. The highest BCUT2D eigenvalue weighted by atomic mass is 32.3. The molecule has 0 amide bonds. The molecule has 0 fully saturated rings. The minimum absolute atomic E-state index is 0.317. The Hall–Kier alpha value is -1.40. The number of rotatable bonds is 5. The maximum atomic E-state index is 11.1. The quantitative estimate of drug-likeness (QED) is 0.395. The smallest absolute Gasteiger partial charge is 0.309 e. The molecule has 5 N–H and O–H groups in total. The fraction of sp³-hybridized carbons (Fsp3) is 0.444. The molecule has 1 aromatic heterocycles. The van der Waals surface area contributed by atoms with Gasteiger partial charge in [0.2, 0.25) is 0 Å². The van der Waals surface area contributed by atoms with Crippen molar-refractivity contribution in [3.8, 4) is 0 Å². The lowest BCUT2D eigenvalue weighted by molar-refractivity contribution is 0.378. The number of aromatic nitrogens is 2. The number of nitrogens with zero attached hydrogens (tertiary/aromatic N) is 2. The van der Waals surface area contributed by atoms with E-state index in [9.17, 15) is 8.42 Å². The molecule has 1 rings (SSSR count). The second kappa shape index (κ2) is 10.6. The van der Waals surface area contributed by atoms with E-state index in [1.54, 1.807) is 6.20 Å². The fourth-order valence-electron chi connectivity index (χ4n) is 1.34. The fourth-order valence-corrected chi connectivity index (χ4v) is 2.34. The third kappa shape index (κ3) is 18.8. The molecular weight excluding hydrogens is 408 g/mol. The summed E-state index contributed by atoms with van der Waals surface area (Å²) in [5, 5.41) is -0.961. The maximum absolute atomic E-state index is 11.1. The first kappa shape index (κ1) is 25.8. The average molecular weight is 426 g/mol. The average Bonchev–Trinajstić information content (AvgIpc) is 2.83. The van der Waals surface area contributed by atoms with Gasteiger partial charge in [0.1, 0.15) is 5.25 Å². The summed E-state index contributed by atoms with van der Waals surface area (Å²) < 4.78 is 96.0. The van der Waals surface area contributed by atoms with E-state index in [1.165, 1.54) is 17.1 Å². The van der Waals surface area contributed by atoms with Gasteiger partial charge >= 0.3 is 20.8 Å². The summed E-state index contributed by atoms with van der Waals surface area (Å²) in [7, 11) is -13.4. The second-order valence-electron chi connectivity index (χ2n) is 4.15. The van der Waals surface area contributed by atoms with E-state index in [2.05, 4.69) is 11.6 Å². The zero-order chi connectivity index (χ0) is 20.5. The predicted molar refractivity (Wildman–Crippen MR) is 86.2 cm³/mol. The van der Waals surface area contributed by atoms with Crippen LogP contribution < -0.4 is 0 Å². The monoisotopic (exact) mass is 426 g/mol. The molecule has 0 aliphatic rings. The minimum Gasteiger partial charge on any atom is -0.309 e. The van der Waals surface area contributed by atoms with Crippen LogP contribution in [0.3, 0.4) is 0 Å². The van der Waals surface area contributed by atoms with Gasteiger partial charge in [0.15, 0.2) is 0 Å². The van der Waals surface area contributed by atoms with Gasteiger partial charge in [-0.15, -0.1) is 0 Å². The van der Waals surface area contributed by atoms with Crippen LogP contribution in [0.2, 0.25) is 0 Å². The van der Waals surface area contributed by atoms with E-state index in [4.69, 9.17) is 39.6 Å². The van der Waals surface area contributed by atoms with Crippen molar-refractivity contribution in [3.05, 3.63) is 25.3 Å². The molecule has 13 nitrogen and oxygen atoms in total. The minimum atomic E-state index is -4.67. The van der Waals surface area contributed by atoms with Gasteiger partial charge in [-0.1, -0.05) is 19.9 Å². The van der Waals surface area contributed by atoms with Crippen LogP contribution in [0, 0.1) is 0 Å². The summed E-state index contributed by atoms with van der Waals surface area (Å²) in [5.74, 6) is 0. The van der Waals surface area contributed by atoms with Gasteiger partial charge in [0, 0.05) is 18.1 Å². The summed E-state index contributed by atoms with van der Waals surface area (Å²) >= 11 is 0. The van der Waals surface area contributed by atoms with Crippen LogP contribution in [0.15, 0.2) is 25.3 Å². The first-order chi connectivity index (χ1) is 11.0. The van der Waals surface area contributed by atoms with Gasteiger partial charge in [-0.2, -0.15) is 25.3 Å². The van der Waals surface area contributed by atoms with Crippen molar-refractivity contribution in [3.63, 3.8) is 0 Å². The Morgan fingerprint density at radius 3 is 1.68 bits per heavy atom. The van der Waals surface area contributed by atoms with Crippen molar-refractivity contribution >= 4 is 36.6 Å². The molecule has 0 aliphatic carbocycles. The van der Waals surface area contributed by atoms with Crippen molar-refractivity contribution in [1.29, 1.82) is 0 Å². The van der Waals surface area contributed by atoms with Gasteiger partial charge in [-0.05, 0) is 6.42 Å². The molecule has 1 unspecified atom stereocenters. The molecule has 16 heteroatoms. The zero-order valence-corrected chi connectivity index (χ0v) is 15.2. The third-order valence-corrected chi connectivity index (χ3v) is 3.34. The largest absolute Gasteiger partial charge is 0.394 e. The topological polar surface area (TPSA) is 221 Å². The Morgan fingerprint density at radius 1 is 1.04 bits per heavy atom. The van der Waals surface area contributed by atoms with E-state index in [-0.39, 0.29) is 0 Å². The molecule has 0 radical (unpaired) electrons. The van der Waals surface area contributed by atoms with Gasteiger partial charge in [0.05, 0.1) is 6.33 Å².